The molecule has 0 saturated heterocycles. The minimum Gasteiger partial charge on any atom is -0.312 e. The van der Waals surface area contributed by atoms with Crippen LogP contribution in [0.15, 0.2) is 115 Å². The highest BCUT2D eigenvalue weighted by molar-refractivity contribution is 6.40. The molecular weight excluding hydrogens is 460 g/mol. The van der Waals surface area contributed by atoms with E-state index in [2.05, 4.69) is 0 Å². The van der Waals surface area contributed by atoms with Crippen LogP contribution in [0.4, 0.5) is 17.3 Å². The van der Waals surface area contributed by atoms with Gasteiger partial charge in [-0.25, -0.2) is 9.97 Å². The fraction of sp³-hybridized carbons (Fsp3) is 0.0323. The summed E-state index contributed by atoms with van der Waals surface area (Å²) in [6.07, 6.45) is 3.43. The monoisotopic (exact) mass is 480 g/mol. The van der Waals surface area contributed by atoms with Crippen LogP contribution in [0.5, 0.6) is 0 Å². The van der Waals surface area contributed by atoms with Crippen molar-refractivity contribution in [2.45, 2.75) is 0 Å². The first kappa shape index (κ1) is 21.2. The molecule has 4 aromatic carbocycles. The zero-order chi connectivity index (χ0) is 25.1. The summed E-state index contributed by atoms with van der Waals surface area (Å²) in [5.41, 5.74) is 3.54. The molecular formula is C31H20N4O2. The Hall–Kier alpha value is -5.10. The normalized spacial score (nSPS) is 15.7. The molecule has 5 aromatic rings. The van der Waals surface area contributed by atoms with Crippen molar-refractivity contribution in [3.05, 3.63) is 126 Å². The van der Waals surface area contributed by atoms with Gasteiger partial charge in [-0.05, 0) is 59.3 Å². The number of nitrogens with zero attached hydrogens (tertiary/aromatic N) is 4. The van der Waals surface area contributed by atoms with Crippen LogP contribution in [0.1, 0.15) is 20.7 Å². The average molecular weight is 481 g/mol. The maximum Gasteiger partial charge on any atom is 0.197 e. The van der Waals surface area contributed by atoms with Crippen LogP contribution in [-0.4, -0.2) is 28.6 Å². The van der Waals surface area contributed by atoms with E-state index in [4.69, 9.17) is 9.97 Å². The molecule has 176 valence electrons. The van der Waals surface area contributed by atoms with Gasteiger partial charge >= 0.3 is 0 Å². The van der Waals surface area contributed by atoms with E-state index < -0.39 is 0 Å². The molecule has 0 bridgehead atoms. The highest BCUT2D eigenvalue weighted by atomic mass is 16.2. The molecule has 0 atom stereocenters. The first-order chi connectivity index (χ1) is 18.1. The van der Waals surface area contributed by atoms with Gasteiger partial charge < -0.3 is 4.90 Å². The second kappa shape index (κ2) is 7.96. The third kappa shape index (κ3) is 3.19. The molecule has 6 nitrogen and oxygen atoms in total. The van der Waals surface area contributed by atoms with E-state index in [0.29, 0.717) is 22.8 Å². The van der Waals surface area contributed by atoms with Gasteiger partial charge in [0.05, 0.1) is 16.6 Å². The van der Waals surface area contributed by atoms with E-state index in [9.17, 15) is 9.59 Å². The fourth-order valence-corrected chi connectivity index (χ4v) is 5.06. The van der Waals surface area contributed by atoms with Crippen molar-refractivity contribution >= 4 is 50.7 Å². The molecule has 1 aromatic heterocycles. The largest absolute Gasteiger partial charge is 0.312 e. The smallest absolute Gasteiger partial charge is 0.197 e. The summed E-state index contributed by atoms with van der Waals surface area (Å²) in [4.78, 5) is 40.3. The summed E-state index contributed by atoms with van der Waals surface area (Å²) in [6, 6.07) is 29.0. The van der Waals surface area contributed by atoms with Crippen LogP contribution >= 0.6 is 0 Å². The summed E-state index contributed by atoms with van der Waals surface area (Å²) < 4.78 is 0. The molecule has 1 aliphatic heterocycles. The Morgan fingerprint density at radius 1 is 0.649 bits per heavy atom. The lowest BCUT2D eigenvalue weighted by atomic mass is 10.0. The predicted molar refractivity (Wildman–Crippen MR) is 145 cm³/mol. The summed E-state index contributed by atoms with van der Waals surface area (Å²) in [5.74, 6) is 1.62. The lowest BCUT2D eigenvalue weighted by Gasteiger charge is -2.21. The van der Waals surface area contributed by atoms with Crippen LogP contribution in [0.3, 0.4) is 0 Å². The van der Waals surface area contributed by atoms with E-state index in [1.165, 1.54) is 0 Å². The molecule has 0 radical (unpaired) electrons. The van der Waals surface area contributed by atoms with Gasteiger partial charge in [0, 0.05) is 23.9 Å². The molecule has 1 aliphatic carbocycles. The van der Waals surface area contributed by atoms with Crippen molar-refractivity contribution < 1.29 is 9.59 Å². The van der Waals surface area contributed by atoms with E-state index in [1.54, 1.807) is 12.2 Å². The Morgan fingerprint density at radius 3 is 1.81 bits per heavy atom. The average Bonchev–Trinajstić information content (AvgIpc) is 3.34. The number of aromatic nitrogens is 2. The summed E-state index contributed by atoms with van der Waals surface area (Å²) in [5, 5.41) is 1.87. The number of hydrogen-bond acceptors (Lipinski definition) is 6. The van der Waals surface area contributed by atoms with Crippen LogP contribution in [-0.2, 0) is 0 Å². The number of Topliss-reactive ketones (excluding diaryl/α,β-unsaturated/α-hetero) is 2. The number of allylic oxidation sites excluding steroid dienone is 3. The lowest BCUT2D eigenvalue weighted by molar-refractivity contribution is 0.0989. The van der Waals surface area contributed by atoms with E-state index >= 15 is 0 Å². The third-order valence-electron chi connectivity index (χ3n) is 6.91. The Balaban J connectivity index is 1.37. The molecule has 37 heavy (non-hydrogen) atoms. The molecule has 2 aliphatic rings. The standard InChI is InChI=1S/C31H20N4O2/c1-34-27(16-15-22-28(36)23-17-19-9-5-6-10-20(19)18-24(23)29(22)37)35(21-11-3-2-4-12-21)31-30(34)32-25-13-7-8-14-26(25)33-31/h2-18H,1H3/b27-16+. The molecule has 6 heteroatoms. The highest BCUT2D eigenvalue weighted by Gasteiger charge is 2.35. The second-order valence-corrected chi connectivity index (χ2v) is 9.10. The van der Waals surface area contributed by atoms with E-state index in [0.717, 1.165) is 33.3 Å². The SMILES string of the molecule is CN1/C(=C\C=C2C(=O)c3cc4ccccc4cc3C2=O)N(c2ccccc2)c2nc3ccccc3nc21. The zero-order valence-electron chi connectivity index (χ0n) is 19.9. The Morgan fingerprint density at radius 2 is 1.19 bits per heavy atom. The van der Waals surface area contributed by atoms with E-state index in [1.807, 2.05) is 108 Å². The van der Waals surface area contributed by atoms with Crippen LogP contribution < -0.4 is 9.80 Å². The summed E-state index contributed by atoms with van der Waals surface area (Å²) in [7, 11) is 1.91. The number of rotatable bonds is 2. The zero-order valence-corrected chi connectivity index (χ0v) is 19.9. The number of benzene rings is 4. The van der Waals surface area contributed by atoms with Gasteiger partial charge in [-0.15, -0.1) is 0 Å². The van der Waals surface area contributed by atoms with Crippen molar-refractivity contribution in [2.75, 3.05) is 16.8 Å². The molecule has 0 N–H and O–H groups in total. The molecule has 2 heterocycles. The van der Waals surface area contributed by atoms with Gasteiger partial charge in [-0.2, -0.15) is 0 Å². The number of carbonyl (C=O) groups excluding carboxylic acids is 2. The van der Waals surface area contributed by atoms with Crippen molar-refractivity contribution in [3.63, 3.8) is 0 Å². The Kier molecular flexibility index (Phi) is 4.56. The maximum atomic E-state index is 13.3. The summed E-state index contributed by atoms with van der Waals surface area (Å²) >= 11 is 0. The number of carbonyl (C=O) groups is 2. The van der Waals surface area contributed by atoms with Crippen molar-refractivity contribution in [1.29, 1.82) is 0 Å². The van der Waals surface area contributed by atoms with Gasteiger partial charge in [0.25, 0.3) is 0 Å². The Bertz CT molecular complexity index is 1780. The quantitative estimate of drug-likeness (QED) is 0.221. The van der Waals surface area contributed by atoms with Crippen molar-refractivity contribution in [2.24, 2.45) is 0 Å². The van der Waals surface area contributed by atoms with E-state index in [-0.39, 0.29) is 17.1 Å². The molecule has 7 rings (SSSR count). The number of fused-ring (bicyclic) bond motifs is 4. The molecule has 0 unspecified atom stereocenters. The minimum atomic E-state index is -0.256. The molecule has 0 fully saturated rings. The number of anilines is 3. The lowest BCUT2D eigenvalue weighted by Crippen LogP contribution is -2.22. The number of ketones is 2. The topological polar surface area (TPSA) is 66.4 Å². The first-order valence-corrected chi connectivity index (χ1v) is 12.0. The highest BCUT2D eigenvalue weighted by Crippen LogP contribution is 2.43. The second-order valence-electron chi connectivity index (χ2n) is 9.10. The van der Waals surface area contributed by atoms with Crippen molar-refractivity contribution in [3.8, 4) is 0 Å². The summed E-state index contributed by atoms with van der Waals surface area (Å²) in [6.45, 7) is 0. The fourth-order valence-electron chi connectivity index (χ4n) is 5.06. The molecule has 0 amide bonds. The van der Waals surface area contributed by atoms with Gasteiger partial charge in [-0.3, -0.25) is 14.5 Å². The predicted octanol–water partition coefficient (Wildman–Crippen LogP) is 6.22. The van der Waals surface area contributed by atoms with Gasteiger partial charge in [0.2, 0.25) is 0 Å². The Labute approximate surface area is 212 Å². The van der Waals surface area contributed by atoms with Crippen molar-refractivity contribution in [1.82, 2.24) is 9.97 Å². The third-order valence-corrected chi connectivity index (χ3v) is 6.91. The van der Waals surface area contributed by atoms with Gasteiger partial charge in [-0.1, -0.05) is 54.6 Å². The van der Waals surface area contributed by atoms with Crippen LogP contribution in [0.2, 0.25) is 0 Å². The van der Waals surface area contributed by atoms with Crippen LogP contribution in [0, 0.1) is 0 Å². The number of hydrogen-bond donors (Lipinski definition) is 0. The maximum absolute atomic E-state index is 13.3. The number of para-hydroxylation sites is 3. The molecule has 0 spiro atoms. The molecule has 0 saturated carbocycles. The van der Waals surface area contributed by atoms with Crippen LogP contribution in [0.25, 0.3) is 21.8 Å². The van der Waals surface area contributed by atoms with Gasteiger partial charge in [0.15, 0.2) is 23.2 Å². The first-order valence-electron chi connectivity index (χ1n) is 12.0. The minimum absolute atomic E-state index is 0.154. The van der Waals surface area contributed by atoms with Gasteiger partial charge in [0.1, 0.15) is 5.82 Å².